The van der Waals surface area contributed by atoms with Crippen molar-refractivity contribution in [3.05, 3.63) is 23.8 Å². The van der Waals surface area contributed by atoms with Crippen LogP contribution in [0, 0.1) is 0 Å². The fourth-order valence-corrected chi connectivity index (χ4v) is 2.44. The minimum atomic E-state index is -0.799. The smallest absolute Gasteiger partial charge is 0.253 e. The van der Waals surface area contributed by atoms with E-state index in [1.165, 1.54) is 4.90 Å². The number of nitrogens with one attached hydrogen (secondary N) is 1. The first-order valence-corrected chi connectivity index (χ1v) is 8.21. The Labute approximate surface area is 123 Å². The number of rotatable bonds is 6. The quantitative estimate of drug-likeness (QED) is 0.781. The third-order valence-corrected chi connectivity index (χ3v) is 3.76. The number of benzene rings is 1. The van der Waals surface area contributed by atoms with E-state index in [1.54, 1.807) is 38.6 Å². The zero-order valence-electron chi connectivity index (χ0n) is 12.5. The van der Waals surface area contributed by atoms with Crippen LogP contribution in [0.3, 0.4) is 0 Å². The highest BCUT2D eigenvalue weighted by Gasteiger charge is 2.12. The van der Waals surface area contributed by atoms with Crippen molar-refractivity contribution in [3.63, 3.8) is 0 Å². The third kappa shape index (κ3) is 4.85. The maximum Gasteiger partial charge on any atom is 0.253 e. The summed E-state index contributed by atoms with van der Waals surface area (Å²) in [5.74, 6) is 0.583. The van der Waals surface area contributed by atoms with E-state index in [-0.39, 0.29) is 11.9 Å². The third-order valence-electron chi connectivity index (χ3n) is 2.95. The summed E-state index contributed by atoms with van der Waals surface area (Å²) in [5, 5.41) is 3.27. The van der Waals surface area contributed by atoms with Gasteiger partial charge in [0, 0.05) is 48.5 Å². The second-order valence-corrected chi connectivity index (χ2v) is 6.67. The van der Waals surface area contributed by atoms with Gasteiger partial charge in [0.05, 0.1) is 11.4 Å². The monoisotopic (exact) mass is 297 g/mol. The van der Waals surface area contributed by atoms with Crippen LogP contribution in [0.2, 0.25) is 0 Å². The van der Waals surface area contributed by atoms with Gasteiger partial charge in [0.2, 0.25) is 0 Å². The number of nitrogens with two attached hydrogens (primary N) is 1. The molecule has 3 N–H and O–H groups in total. The molecule has 0 spiro atoms. The minimum absolute atomic E-state index is 0.0598. The lowest BCUT2D eigenvalue weighted by molar-refractivity contribution is 0.0827. The van der Waals surface area contributed by atoms with Gasteiger partial charge in [-0.05, 0) is 31.5 Å². The van der Waals surface area contributed by atoms with Crippen LogP contribution in [0.5, 0.6) is 0 Å². The van der Waals surface area contributed by atoms with Gasteiger partial charge in [0.15, 0.2) is 0 Å². The molecule has 0 heterocycles. The number of carbonyl (C=O) groups excluding carboxylic acids is 1. The first-order valence-electron chi connectivity index (χ1n) is 6.49. The summed E-state index contributed by atoms with van der Waals surface area (Å²) in [6, 6.07) is 5.35. The second kappa shape index (κ2) is 7.28. The molecular formula is C14H23N3O2S. The van der Waals surface area contributed by atoms with Gasteiger partial charge >= 0.3 is 0 Å². The summed E-state index contributed by atoms with van der Waals surface area (Å²) < 4.78 is 11.1. The summed E-state index contributed by atoms with van der Waals surface area (Å²) >= 11 is 0. The van der Waals surface area contributed by atoms with Crippen LogP contribution in [0.4, 0.5) is 11.4 Å². The summed E-state index contributed by atoms with van der Waals surface area (Å²) in [5.41, 5.74) is 7.86. The molecule has 0 fully saturated rings. The van der Waals surface area contributed by atoms with Crippen molar-refractivity contribution in [1.29, 1.82) is 0 Å². The van der Waals surface area contributed by atoms with Crippen LogP contribution in [0.1, 0.15) is 23.7 Å². The molecule has 2 unspecified atom stereocenters. The molecule has 0 bridgehead atoms. The van der Waals surface area contributed by atoms with E-state index >= 15 is 0 Å². The maximum absolute atomic E-state index is 11.9. The topological polar surface area (TPSA) is 75.4 Å². The molecule has 0 aliphatic carbocycles. The summed E-state index contributed by atoms with van der Waals surface area (Å²) in [6.45, 7) is 2.01. The van der Waals surface area contributed by atoms with Crippen LogP contribution in [0.15, 0.2) is 18.2 Å². The number of hydrogen-bond acceptors (Lipinski definition) is 4. The summed E-state index contributed by atoms with van der Waals surface area (Å²) in [6.07, 6.45) is 2.48. The molecule has 0 saturated carbocycles. The fourth-order valence-electron chi connectivity index (χ4n) is 1.75. The molecule has 0 saturated heterocycles. The molecule has 6 heteroatoms. The number of amides is 1. The standard InChI is InChI=1S/C14H23N3O2S/c1-10(7-8-20(4)19)16-13-9-11(5-6-12(13)15)14(18)17(2)3/h5-6,9-10,16H,7-8,15H2,1-4H3. The lowest BCUT2D eigenvalue weighted by Crippen LogP contribution is -2.23. The van der Waals surface area contributed by atoms with Gasteiger partial charge in [-0.25, -0.2) is 0 Å². The van der Waals surface area contributed by atoms with Gasteiger partial charge in [-0.2, -0.15) is 0 Å². The molecule has 0 aliphatic heterocycles. The van der Waals surface area contributed by atoms with Crippen molar-refractivity contribution in [2.24, 2.45) is 0 Å². The number of nitrogens with zero attached hydrogens (tertiary/aromatic N) is 1. The SMILES string of the molecule is CC(CCS(C)=O)Nc1cc(C(=O)N(C)C)ccc1N. The lowest BCUT2D eigenvalue weighted by Gasteiger charge is -2.18. The first kappa shape index (κ1) is 16.5. The molecule has 1 rings (SSSR count). The molecule has 1 aromatic carbocycles. The van der Waals surface area contributed by atoms with Gasteiger partial charge in [0.1, 0.15) is 0 Å². The Bertz CT molecular complexity index is 503. The minimum Gasteiger partial charge on any atom is -0.397 e. The van der Waals surface area contributed by atoms with Crippen molar-refractivity contribution in [1.82, 2.24) is 4.90 Å². The molecule has 0 aromatic heterocycles. The molecule has 112 valence electrons. The highest BCUT2D eigenvalue weighted by Crippen LogP contribution is 2.22. The van der Waals surface area contributed by atoms with Gasteiger partial charge < -0.3 is 16.0 Å². The number of hydrogen-bond donors (Lipinski definition) is 2. The van der Waals surface area contributed by atoms with Crippen LogP contribution >= 0.6 is 0 Å². The molecule has 1 amide bonds. The largest absolute Gasteiger partial charge is 0.397 e. The molecule has 0 aliphatic rings. The van der Waals surface area contributed by atoms with Crippen LogP contribution in [0.25, 0.3) is 0 Å². The van der Waals surface area contributed by atoms with E-state index in [0.29, 0.717) is 17.0 Å². The predicted octanol–water partition coefficient (Wildman–Crippen LogP) is 1.54. The number of nitrogen functional groups attached to an aromatic ring is 1. The normalized spacial score (nSPS) is 13.6. The predicted molar refractivity (Wildman–Crippen MR) is 85.5 cm³/mol. The molecule has 0 radical (unpaired) electrons. The Morgan fingerprint density at radius 1 is 1.45 bits per heavy atom. The Morgan fingerprint density at radius 2 is 2.10 bits per heavy atom. The van der Waals surface area contributed by atoms with Gasteiger partial charge in [0.25, 0.3) is 5.91 Å². The van der Waals surface area contributed by atoms with E-state index in [1.807, 2.05) is 6.92 Å². The van der Waals surface area contributed by atoms with Crippen LogP contribution < -0.4 is 11.1 Å². The van der Waals surface area contributed by atoms with E-state index in [9.17, 15) is 9.00 Å². The summed E-state index contributed by atoms with van der Waals surface area (Å²) in [7, 11) is 2.63. The summed E-state index contributed by atoms with van der Waals surface area (Å²) in [4.78, 5) is 13.5. The van der Waals surface area contributed by atoms with Crippen LogP contribution in [-0.2, 0) is 10.8 Å². The highest BCUT2D eigenvalue weighted by atomic mass is 32.2. The fraction of sp³-hybridized carbons (Fsp3) is 0.500. The number of anilines is 2. The zero-order valence-corrected chi connectivity index (χ0v) is 13.3. The van der Waals surface area contributed by atoms with Crippen molar-refractivity contribution >= 4 is 28.1 Å². The molecular weight excluding hydrogens is 274 g/mol. The van der Waals surface area contributed by atoms with E-state index in [4.69, 9.17) is 5.73 Å². The van der Waals surface area contributed by atoms with Crippen molar-refractivity contribution in [2.75, 3.05) is 37.2 Å². The molecule has 2 atom stereocenters. The van der Waals surface area contributed by atoms with Crippen LogP contribution in [-0.4, -0.2) is 47.2 Å². The van der Waals surface area contributed by atoms with Crippen molar-refractivity contribution < 1.29 is 9.00 Å². The van der Waals surface area contributed by atoms with Crippen molar-refractivity contribution in [3.8, 4) is 0 Å². The van der Waals surface area contributed by atoms with Gasteiger partial charge in [-0.1, -0.05) is 0 Å². The Balaban J connectivity index is 2.81. The van der Waals surface area contributed by atoms with Gasteiger partial charge in [-0.15, -0.1) is 0 Å². The van der Waals surface area contributed by atoms with E-state index < -0.39 is 10.8 Å². The van der Waals surface area contributed by atoms with Crippen molar-refractivity contribution in [2.45, 2.75) is 19.4 Å². The average molecular weight is 297 g/mol. The first-order chi connectivity index (χ1) is 9.31. The van der Waals surface area contributed by atoms with Gasteiger partial charge in [-0.3, -0.25) is 9.00 Å². The Hall–Kier alpha value is -1.56. The Kier molecular flexibility index (Phi) is 6.01. The average Bonchev–Trinajstić information content (AvgIpc) is 2.38. The van der Waals surface area contributed by atoms with E-state index in [0.717, 1.165) is 12.1 Å². The molecule has 1 aromatic rings. The Morgan fingerprint density at radius 3 is 2.65 bits per heavy atom. The van der Waals surface area contributed by atoms with E-state index in [2.05, 4.69) is 5.32 Å². The highest BCUT2D eigenvalue weighted by molar-refractivity contribution is 7.84. The lowest BCUT2D eigenvalue weighted by atomic mass is 10.1. The maximum atomic E-state index is 11.9. The molecule has 20 heavy (non-hydrogen) atoms. The second-order valence-electron chi connectivity index (χ2n) is 5.11. The molecule has 5 nitrogen and oxygen atoms in total. The zero-order chi connectivity index (χ0) is 15.3. The number of carbonyl (C=O) groups is 1.